The van der Waals surface area contributed by atoms with Gasteiger partial charge in [-0.05, 0) is 26.7 Å². The minimum atomic E-state index is -5.11. The van der Waals surface area contributed by atoms with Crippen molar-refractivity contribution in [1.82, 2.24) is 4.98 Å². The van der Waals surface area contributed by atoms with E-state index < -0.39 is 46.0 Å². The number of ketones is 1. The summed E-state index contributed by atoms with van der Waals surface area (Å²) in [6.45, 7) is 4.67. The normalized spacial score (nSPS) is 12.5. The summed E-state index contributed by atoms with van der Waals surface area (Å²) in [5.41, 5.74) is -1.13. The third-order valence-electron chi connectivity index (χ3n) is 2.87. The predicted molar refractivity (Wildman–Crippen MR) is 94.4 cm³/mol. The molecule has 1 rings (SSSR count). The number of rotatable bonds is 7. The average molecular weight is 486 g/mol. The van der Waals surface area contributed by atoms with Gasteiger partial charge in [0.05, 0.1) is 18.2 Å². The van der Waals surface area contributed by atoms with E-state index in [1.807, 2.05) is 6.92 Å². The Labute approximate surface area is 176 Å². The highest BCUT2D eigenvalue weighted by Gasteiger charge is 2.46. The molecule has 0 aliphatic carbocycles. The first-order valence-corrected chi connectivity index (χ1v) is 9.61. The van der Waals surface area contributed by atoms with Gasteiger partial charge in [0, 0.05) is 0 Å². The van der Waals surface area contributed by atoms with Crippen molar-refractivity contribution in [2.75, 3.05) is 13.2 Å². The van der Waals surface area contributed by atoms with Crippen LogP contribution in [0.15, 0.2) is 0 Å². The summed E-state index contributed by atoms with van der Waals surface area (Å²) in [5.74, 6) is -4.65. The molecule has 30 heavy (non-hydrogen) atoms. The monoisotopic (exact) mass is 485 g/mol. The number of alkyl halides is 7. The van der Waals surface area contributed by atoms with Crippen molar-refractivity contribution < 1.29 is 50.2 Å². The molecule has 0 saturated carbocycles. The van der Waals surface area contributed by atoms with Crippen LogP contribution in [-0.2, 0) is 31.7 Å². The van der Waals surface area contributed by atoms with E-state index in [2.05, 4.69) is 14.5 Å². The van der Waals surface area contributed by atoms with Crippen molar-refractivity contribution in [1.29, 1.82) is 0 Å². The van der Waals surface area contributed by atoms with Crippen LogP contribution in [0.5, 0.6) is 0 Å². The first-order valence-electron chi connectivity index (χ1n) is 8.36. The molecule has 6 nitrogen and oxygen atoms in total. The number of carbonyl (C=O) groups is 3. The number of halogens is 7. The number of aryl methyl sites for hydroxylation is 1. The molecule has 0 spiro atoms. The maximum atomic E-state index is 12.6. The summed E-state index contributed by atoms with van der Waals surface area (Å²) in [7, 11) is 0. The van der Waals surface area contributed by atoms with Crippen LogP contribution in [0.3, 0.4) is 0 Å². The summed E-state index contributed by atoms with van der Waals surface area (Å²) < 4.78 is 81.6. The fourth-order valence-corrected chi connectivity index (χ4v) is 2.94. The molecule has 0 N–H and O–H groups in total. The highest BCUT2D eigenvalue weighted by molar-refractivity contribution is 7.13. The lowest BCUT2D eigenvalue weighted by Gasteiger charge is -2.09. The van der Waals surface area contributed by atoms with Gasteiger partial charge >= 0.3 is 24.3 Å². The maximum absolute atomic E-state index is 12.6. The van der Waals surface area contributed by atoms with E-state index >= 15 is 0 Å². The smallest absolute Gasteiger partial charge is 0.452 e. The molecular weight excluding hydrogens is 468 g/mol. The fraction of sp³-hybridized carbons (Fsp3) is 0.625. The Morgan fingerprint density at radius 3 is 1.97 bits per heavy atom. The molecule has 1 unspecified atom stereocenters. The summed E-state index contributed by atoms with van der Waals surface area (Å²) in [5, 5.41) is -2.00. The van der Waals surface area contributed by atoms with Crippen LogP contribution >= 0.6 is 22.9 Å². The van der Waals surface area contributed by atoms with E-state index in [1.165, 1.54) is 6.92 Å². The van der Waals surface area contributed by atoms with Gasteiger partial charge in [0.1, 0.15) is 4.88 Å². The zero-order chi connectivity index (χ0) is 23.7. The van der Waals surface area contributed by atoms with E-state index in [9.17, 15) is 40.7 Å². The lowest BCUT2D eigenvalue weighted by molar-refractivity contribution is -0.174. The first-order chi connectivity index (χ1) is 13.7. The minimum absolute atomic E-state index is 0.0388. The molecule has 1 aromatic heterocycles. The van der Waals surface area contributed by atoms with Gasteiger partial charge in [-0.15, -0.1) is 22.9 Å². The first kappa shape index (κ1) is 28.1. The molecule has 0 bridgehead atoms. The number of carbonyl (C=O) groups excluding carboxylic acids is 3. The second-order valence-electron chi connectivity index (χ2n) is 5.23. The average Bonchev–Trinajstić information content (AvgIpc) is 3.05. The molecule has 1 aromatic rings. The fourth-order valence-electron chi connectivity index (χ4n) is 1.68. The Kier molecular flexibility index (Phi) is 11.3. The minimum Gasteiger partial charge on any atom is -0.465 e. The molecule has 0 amide bonds. The number of hydrogen-bond acceptors (Lipinski definition) is 7. The number of aromatic nitrogens is 1. The molecule has 0 aromatic carbocycles. The van der Waals surface area contributed by atoms with Crippen LogP contribution in [0, 0.1) is 0 Å². The van der Waals surface area contributed by atoms with E-state index in [0.717, 1.165) is 11.3 Å². The molecule has 0 aliphatic heterocycles. The van der Waals surface area contributed by atoms with Gasteiger partial charge in [-0.25, -0.2) is 14.6 Å². The highest BCUT2D eigenvalue weighted by atomic mass is 35.5. The van der Waals surface area contributed by atoms with E-state index in [0.29, 0.717) is 17.8 Å². The number of hydrogen-bond donors (Lipinski definition) is 0. The van der Waals surface area contributed by atoms with Gasteiger partial charge < -0.3 is 9.47 Å². The summed E-state index contributed by atoms with van der Waals surface area (Å²) >= 11 is 5.65. The quantitative estimate of drug-likeness (QED) is 0.243. The molecule has 172 valence electrons. The molecule has 0 aliphatic rings. The van der Waals surface area contributed by atoms with Gasteiger partial charge in [0.15, 0.2) is 11.1 Å². The van der Waals surface area contributed by atoms with Gasteiger partial charge in [0.2, 0.25) is 0 Å². The predicted octanol–water partition coefficient (Wildman–Crippen LogP) is 4.58. The van der Waals surface area contributed by atoms with Crippen LogP contribution in [0.4, 0.5) is 26.3 Å². The van der Waals surface area contributed by atoms with Crippen LogP contribution < -0.4 is 0 Å². The molecule has 0 saturated heterocycles. The Bertz CT molecular complexity index is 735. The number of esters is 2. The van der Waals surface area contributed by atoms with Crippen molar-refractivity contribution in [3.8, 4) is 0 Å². The highest BCUT2D eigenvalue weighted by Crippen LogP contribution is 2.35. The van der Waals surface area contributed by atoms with Gasteiger partial charge in [-0.3, -0.25) is 4.79 Å². The van der Waals surface area contributed by atoms with Crippen LogP contribution in [0.2, 0.25) is 0 Å². The second-order valence-corrected chi connectivity index (χ2v) is 6.75. The number of Topliss-reactive ketones (excluding diaryl/α,β-unsaturated/α-hetero) is 1. The standard InChI is InChI=1S/C10H12F3NO2S.C6H6ClF3O3/c1-3-5-6-14-8(10(11,12)13)7(17-6)9(15)16-4-2;1-2-13-5(12)3(7)4(11)6(8,9)10/h3-5H2,1-2H3;3H,2H2,1H3. The second kappa shape index (κ2) is 12.1. The molecule has 0 radical (unpaired) electrons. The lowest BCUT2D eigenvalue weighted by Crippen LogP contribution is -2.37. The van der Waals surface area contributed by atoms with E-state index in [-0.39, 0.29) is 13.2 Å². The van der Waals surface area contributed by atoms with Gasteiger partial charge in [0.25, 0.3) is 5.78 Å². The van der Waals surface area contributed by atoms with Crippen molar-refractivity contribution in [2.24, 2.45) is 0 Å². The summed E-state index contributed by atoms with van der Waals surface area (Å²) in [6, 6.07) is 0. The zero-order valence-electron chi connectivity index (χ0n) is 15.9. The Morgan fingerprint density at radius 1 is 1.03 bits per heavy atom. The third-order valence-corrected chi connectivity index (χ3v) is 4.34. The van der Waals surface area contributed by atoms with Crippen molar-refractivity contribution in [3.05, 3.63) is 15.6 Å². The summed E-state index contributed by atoms with van der Waals surface area (Å²) in [4.78, 5) is 35.3. The molecular formula is C16H18ClF6NO5S. The number of thiazole rings is 1. The van der Waals surface area contributed by atoms with Crippen LogP contribution in [0.25, 0.3) is 0 Å². The lowest BCUT2D eigenvalue weighted by atomic mass is 10.3. The van der Waals surface area contributed by atoms with Crippen molar-refractivity contribution in [2.45, 2.75) is 51.3 Å². The Hall–Kier alpha value is -1.89. The number of ether oxygens (including phenoxy) is 2. The maximum Gasteiger partial charge on any atom is 0.452 e. The van der Waals surface area contributed by atoms with Gasteiger partial charge in [-0.1, -0.05) is 6.92 Å². The Balaban J connectivity index is 0.000000584. The van der Waals surface area contributed by atoms with E-state index in [4.69, 9.17) is 11.6 Å². The van der Waals surface area contributed by atoms with Crippen LogP contribution in [0.1, 0.15) is 47.6 Å². The SMILES string of the molecule is CCCc1nc(C(F)(F)F)c(C(=O)OCC)s1.CCOC(=O)C(Cl)C(=O)C(F)(F)F. The van der Waals surface area contributed by atoms with Crippen molar-refractivity contribution >= 4 is 40.7 Å². The third kappa shape index (κ3) is 8.86. The molecule has 14 heteroatoms. The molecule has 0 fully saturated rings. The molecule has 1 atom stereocenters. The number of nitrogens with zero attached hydrogens (tertiary/aromatic N) is 1. The largest absolute Gasteiger partial charge is 0.465 e. The topological polar surface area (TPSA) is 82.6 Å². The van der Waals surface area contributed by atoms with Crippen molar-refractivity contribution in [3.63, 3.8) is 0 Å². The zero-order valence-corrected chi connectivity index (χ0v) is 17.5. The van der Waals surface area contributed by atoms with E-state index in [1.54, 1.807) is 6.92 Å². The van der Waals surface area contributed by atoms with Crippen LogP contribution in [-0.4, -0.2) is 47.5 Å². The van der Waals surface area contributed by atoms with Gasteiger partial charge in [-0.2, -0.15) is 26.3 Å². The molecule has 1 heterocycles. The Morgan fingerprint density at radius 2 is 1.57 bits per heavy atom. The summed E-state index contributed by atoms with van der Waals surface area (Å²) in [6.07, 6.45) is -8.63.